The van der Waals surface area contributed by atoms with Crippen molar-refractivity contribution in [1.29, 1.82) is 0 Å². The first-order valence-corrected chi connectivity index (χ1v) is 8.96. The van der Waals surface area contributed by atoms with E-state index in [4.69, 9.17) is 5.73 Å². The molecule has 2 aromatic rings. The Morgan fingerprint density at radius 1 is 1.04 bits per heavy atom. The SMILES string of the molecule is CC(C)(C)c1cc(/C=N\NC(=O)c2cccc(N)c2)cc(C(C)(C)C)c1O. The summed E-state index contributed by atoms with van der Waals surface area (Å²) in [5.74, 6) is -0.0136. The van der Waals surface area contributed by atoms with Gasteiger partial charge in [0, 0.05) is 22.4 Å². The summed E-state index contributed by atoms with van der Waals surface area (Å²) in [5, 5.41) is 14.8. The van der Waals surface area contributed by atoms with E-state index in [2.05, 4.69) is 52.1 Å². The fourth-order valence-corrected chi connectivity index (χ4v) is 2.78. The molecular formula is C22H29N3O2. The predicted octanol–water partition coefficient (Wildman–Crippen LogP) is 4.33. The first-order valence-electron chi connectivity index (χ1n) is 8.96. The lowest BCUT2D eigenvalue weighted by atomic mass is 9.78. The lowest BCUT2D eigenvalue weighted by molar-refractivity contribution is 0.0955. The fraction of sp³-hybridized carbons (Fsp3) is 0.364. The number of rotatable bonds is 3. The molecule has 2 rings (SSSR count). The number of benzene rings is 2. The van der Waals surface area contributed by atoms with Crippen LogP contribution >= 0.6 is 0 Å². The summed E-state index contributed by atoms with van der Waals surface area (Å²) < 4.78 is 0. The normalized spacial score (nSPS) is 12.4. The van der Waals surface area contributed by atoms with Crippen LogP contribution in [0.25, 0.3) is 0 Å². The van der Waals surface area contributed by atoms with E-state index in [-0.39, 0.29) is 16.7 Å². The van der Waals surface area contributed by atoms with Crippen LogP contribution in [-0.4, -0.2) is 17.2 Å². The molecule has 5 heteroatoms. The number of amides is 1. The Morgan fingerprint density at radius 3 is 2.07 bits per heavy atom. The summed E-state index contributed by atoms with van der Waals surface area (Å²) in [4.78, 5) is 12.2. The smallest absolute Gasteiger partial charge is 0.271 e. The lowest BCUT2D eigenvalue weighted by Gasteiger charge is -2.27. The van der Waals surface area contributed by atoms with Gasteiger partial charge in [-0.15, -0.1) is 0 Å². The topological polar surface area (TPSA) is 87.7 Å². The Hall–Kier alpha value is -2.82. The van der Waals surface area contributed by atoms with Crippen LogP contribution < -0.4 is 11.2 Å². The lowest BCUT2D eigenvalue weighted by Crippen LogP contribution is -2.19. The van der Waals surface area contributed by atoms with Gasteiger partial charge in [0.2, 0.25) is 0 Å². The Balaban J connectivity index is 2.32. The van der Waals surface area contributed by atoms with E-state index in [1.807, 2.05) is 12.1 Å². The molecule has 1 amide bonds. The number of carbonyl (C=O) groups is 1. The third-order valence-electron chi connectivity index (χ3n) is 4.28. The van der Waals surface area contributed by atoms with Crippen LogP contribution in [0.4, 0.5) is 5.69 Å². The second-order valence-corrected chi connectivity index (χ2v) is 8.79. The summed E-state index contributed by atoms with van der Waals surface area (Å²) in [5.41, 5.74) is 11.3. The summed E-state index contributed by atoms with van der Waals surface area (Å²) in [6, 6.07) is 10.5. The molecule has 0 unspecified atom stereocenters. The maximum absolute atomic E-state index is 12.2. The van der Waals surface area contributed by atoms with Crippen LogP contribution in [-0.2, 0) is 10.8 Å². The summed E-state index contributed by atoms with van der Waals surface area (Å²) in [6.45, 7) is 12.3. The van der Waals surface area contributed by atoms with Gasteiger partial charge in [0.25, 0.3) is 5.91 Å². The minimum Gasteiger partial charge on any atom is -0.507 e. The number of nitrogen functional groups attached to an aromatic ring is 1. The van der Waals surface area contributed by atoms with Gasteiger partial charge >= 0.3 is 0 Å². The number of nitrogens with zero attached hydrogens (tertiary/aromatic N) is 1. The third-order valence-corrected chi connectivity index (χ3v) is 4.28. The van der Waals surface area contributed by atoms with Crippen LogP contribution in [0.2, 0.25) is 0 Å². The van der Waals surface area contributed by atoms with Crippen molar-refractivity contribution < 1.29 is 9.90 Å². The zero-order valence-corrected chi connectivity index (χ0v) is 16.9. The fourth-order valence-electron chi connectivity index (χ4n) is 2.78. The summed E-state index contributed by atoms with van der Waals surface area (Å²) in [6.07, 6.45) is 1.59. The zero-order chi connectivity index (χ0) is 20.4. The average molecular weight is 367 g/mol. The maximum Gasteiger partial charge on any atom is 0.271 e. The average Bonchev–Trinajstić information content (AvgIpc) is 2.53. The monoisotopic (exact) mass is 367 g/mol. The highest BCUT2D eigenvalue weighted by Crippen LogP contribution is 2.39. The molecule has 2 aromatic carbocycles. The number of phenols is 1. The van der Waals surface area contributed by atoms with Gasteiger partial charge in [-0.25, -0.2) is 5.43 Å². The molecule has 0 aliphatic carbocycles. The van der Waals surface area contributed by atoms with Crippen molar-refractivity contribution in [2.45, 2.75) is 52.4 Å². The summed E-state index contributed by atoms with van der Waals surface area (Å²) >= 11 is 0. The number of hydrazone groups is 1. The van der Waals surface area contributed by atoms with Crippen LogP contribution in [0.5, 0.6) is 5.75 Å². The highest BCUT2D eigenvalue weighted by molar-refractivity contribution is 5.95. The molecule has 4 N–H and O–H groups in total. The van der Waals surface area contributed by atoms with Crippen LogP contribution in [0.3, 0.4) is 0 Å². The number of anilines is 1. The van der Waals surface area contributed by atoms with E-state index in [9.17, 15) is 9.90 Å². The van der Waals surface area contributed by atoms with E-state index in [1.165, 1.54) is 0 Å². The minimum atomic E-state index is -0.329. The molecule has 0 aliphatic heterocycles. The number of nitrogens with one attached hydrogen (secondary N) is 1. The number of carbonyl (C=O) groups excluding carboxylic acids is 1. The molecule has 0 saturated heterocycles. The first-order chi connectivity index (χ1) is 12.4. The molecule has 0 saturated carbocycles. The van der Waals surface area contributed by atoms with Crippen molar-refractivity contribution in [1.82, 2.24) is 5.43 Å². The third kappa shape index (κ3) is 5.09. The van der Waals surface area contributed by atoms with Gasteiger partial charge in [-0.3, -0.25) is 4.79 Å². The predicted molar refractivity (Wildman–Crippen MR) is 111 cm³/mol. The molecule has 144 valence electrons. The van der Waals surface area contributed by atoms with Crippen molar-refractivity contribution in [2.24, 2.45) is 5.10 Å². The van der Waals surface area contributed by atoms with E-state index in [0.29, 0.717) is 17.0 Å². The van der Waals surface area contributed by atoms with Gasteiger partial charge in [-0.05, 0) is 46.7 Å². The van der Waals surface area contributed by atoms with Crippen LogP contribution in [0.1, 0.15) is 68.6 Å². The van der Waals surface area contributed by atoms with Gasteiger partial charge in [0.1, 0.15) is 5.75 Å². The first kappa shape index (κ1) is 20.5. The number of nitrogens with two attached hydrogens (primary N) is 1. The van der Waals surface area contributed by atoms with Crippen molar-refractivity contribution in [3.05, 3.63) is 58.7 Å². The molecular weight excluding hydrogens is 338 g/mol. The molecule has 0 aliphatic rings. The number of phenolic OH excluding ortho intramolecular Hbond substituents is 1. The zero-order valence-electron chi connectivity index (χ0n) is 16.9. The number of hydrogen-bond donors (Lipinski definition) is 3. The minimum absolute atomic E-state index is 0.223. The van der Waals surface area contributed by atoms with E-state index in [0.717, 1.165) is 16.7 Å². The van der Waals surface area contributed by atoms with Crippen LogP contribution in [0.15, 0.2) is 41.5 Å². The van der Waals surface area contributed by atoms with Crippen molar-refractivity contribution >= 4 is 17.8 Å². The van der Waals surface area contributed by atoms with Crippen molar-refractivity contribution in [2.75, 3.05) is 5.73 Å². The van der Waals surface area contributed by atoms with Gasteiger partial charge in [0.05, 0.1) is 6.21 Å². The van der Waals surface area contributed by atoms with Gasteiger partial charge in [0.15, 0.2) is 0 Å². The Morgan fingerprint density at radius 2 is 1.59 bits per heavy atom. The summed E-state index contributed by atoms with van der Waals surface area (Å²) in [7, 11) is 0. The van der Waals surface area contributed by atoms with E-state index < -0.39 is 0 Å². The molecule has 5 nitrogen and oxygen atoms in total. The molecule has 0 aromatic heterocycles. The molecule has 0 fully saturated rings. The molecule has 0 radical (unpaired) electrons. The Kier molecular flexibility index (Phi) is 5.64. The van der Waals surface area contributed by atoms with Gasteiger partial charge in [-0.1, -0.05) is 47.6 Å². The Bertz CT molecular complexity index is 837. The highest BCUT2D eigenvalue weighted by atomic mass is 16.3. The quantitative estimate of drug-likeness (QED) is 0.428. The van der Waals surface area contributed by atoms with Gasteiger partial charge in [-0.2, -0.15) is 5.10 Å². The van der Waals surface area contributed by atoms with Crippen LogP contribution in [0, 0.1) is 0 Å². The maximum atomic E-state index is 12.2. The largest absolute Gasteiger partial charge is 0.507 e. The molecule has 27 heavy (non-hydrogen) atoms. The highest BCUT2D eigenvalue weighted by Gasteiger charge is 2.26. The van der Waals surface area contributed by atoms with E-state index in [1.54, 1.807) is 30.5 Å². The number of hydrogen-bond acceptors (Lipinski definition) is 4. The van der Waals surface area contributed by atoms with Crippen molar-refractivity contribution in [3.8, 4) is 5.75 Å². The Labute approximate surface area is 161 Å². The van der Waals surface area contributed by atoms with Gasteiger partial charge < -0.3 is 10.8 Å². The number of aromatic hydroxyl groups is 1. The molecule has 0 heterocycles. The van der Waals surface area contributed by atoms with E-state index >= 15 is 0 Å². The van der Waals surface area contributed by atoms with Crippen molar-refractivity contribution in [3.63, 3.8) is 0 Å². The molecule has 0 spiro atoms. The molecule has 0 atom stereocenters. The second kappa shape index (κ2) is 7.43. The molecule has 0 bridgehead atoms. The standard InChI is InChI=1S/C22H29N3O2/c1-21(2,3)17-10-14(11-18(19(17)26)22(4,5)6)13-24-25-20(27)15-8-7-9-16(23)12-15/h7-13,26H,23H2,1-6H3,(H,25,27)/b24-13-. The second-order valence-electron chi connectivity index (χ2n) is 8.79.